The molecular formula is C15H13ClN2O2. The van der Waals surface area contributed by atoms with Gasteiger partial charge in [0.15, 0.2) is 0 Å². The number of fused-ring (bicyclic) bond motifs is 1. The molecule has 4 nitrogen and oxygen atoms in total. The van der Waals surface area contributed by atoms with Gasteiger partial charge in [-0.2, -0.15) is 0 Å². The summed E-state index contributed by atoms with van der Waals surface area (Å²) in [6.07, 6.45) is 0.868. The lowest BCUT2D eigenvalue weighted by Gasteiger charge is -2.08. The number of rotatable bonds is 2. The molecule has 0 unspecified atom stereocenters. The summed E-state index contributed by atoms with van der Waals surface area (Å²) in [5, 5.41) is 3.28. The number of carbonyl (C=O) groups excluding carboxylic acids is 1. The minimum absolute atomic E-state index is 0.216. The molecular weight excluding hydrogens is 276 g/mol. The fourth-order valence-corrected chi connectivity index (χ4v) is 2.27. The predicted molar refractivity (Wildman–Crippen MR) is 79.5 cm³/mol. The van der Waals surface area contributed by atoms with Crippen LogP contribution in [0.5, 0.6) is 5.75 Å². The number of nitrogen functional groups attached to an aromatic ring is 1. The van der Waals surface area contributed by atoms with Crippen LogP contribution in [-0.4, -0.2) is 12.5 Å². The summed E-state index contributed by atoms with van der Waals surface area (Å²) in [7, 11) is 0. The molecule has 3 N–H and O–H groups in total. The average Bonchev–Trinajstić information content (AvgIpc) is 2.89. The van der Waals surface area contributed by atoms with E-state index >= 15 is 0 Å². The minimum atomic E-state index is -0.216. The monoisotopic (exact) mass is 288 g/mol. The molecule has 3 rings (SSSR count). The Hall–Kier alpha value is -2.20. The number of anilines is 2. The van der Waals surface area contributed by atoms with Gasteiger partial charge >= 0.3 is 0 Å². The lowest BCUT2D eigenvalue weighted by atomic mass is 10.1. The average molecular weight is 289 g/mol. The van der Waals surface area contributed by atoms with Crippen LogP contribution in [0.4, 0.5) is 11.4 Å². The standard InChI is InChI=1S/C15H13ClN2O2/c16-12-3-1-10(8-13(12)17)15(19)18-11-2-4-14-9(7-11)5-6-20-14/h1-4,7-8H,5-6,17H2,(H,18,19). The molecule has 0 aliphatic carbocycles. The Morgan fingerprint density at radius 3 is 2.90 bits per heavy atom. The van der Waals surface area contributed by atoms with Gasteiger partial charge in [0.1, 0.15) is 5.75 Å². The van der Waals surface area contributed by atoms with Crippen LogP contribution in [0.3, 0.4) is 0 Å². The highest BCUT2D eigenvalue weighted by Gasteiger charge is 2.13. The second kappa shape index (κ2) is 5.06. The number of hydrogen-bond acceptors (Lipinski definition) is 3. The van der Waals surface area contributed by atoms with Gasteiger partial charge in [0.05, 0.1) is 17.3 Å². The third-order valence-electron chi connectivity index (χ3n) is 3.21. The van der Waals surface area contributed by atoms with Gasteiger partial charge in [-0.15, -0.1) is 0 Å². The van der Waals surface area contributed by atoms with E-state index in [1.807, 2.05) is 18.2 Å². The molecule has 0 radical (unpaired) electrons. The van der Waals surface area contributed by atoms with Crippen molar-refractivity contribution in [2.24, 2.45) is 0 Å². The molecule has 2 aromatic carbocycles. The molecule has 0 atom stereocenters. The zero-order valence-corrected chi connectivity index (χ0v) is 11.4. The van der Waals surface area contributed by atoms with E-state index in [-0.39, 0.29) is 5.91 Å². The summed E-state index contributed by atoms with van der Waals surface area (Å²) in [5.74, 6) is 0.672. The molecule has 0 aromatic heterocycles. The zero-order valence-electron chi connectivity index (χ0n) is 10.7. The minimum Gasteiger partial charge on any atom is -0.493 e. The first-order valence-corrected chi connectivity index (χ1v) is 6.63. The van der Waals surface area contributed by atoms with E-state index < -0.39 is 0 Å². The normalized spacial score (nSPS) is 12.7. The fourth-order valence-electron chi connectivity index (χ4n) is 2.15. The van der Waals surface area contributed by atoms with E-state index in [4.69, 9.17) is 22.1 Å². The number of nitrogens with one attached hydrogen (secondary N) is 1. The molecule has 1 heterocycles. The van der Waals surface area contributed by atoms with Crippen LogP contribution in [-0.2, 0) is 6.42 Å². The SMILES string of the molecule is Nc1cc(C(=O)Nc2ccc3c(c2)CCO3)ccc1Cl. The number of nitrogens with two attached hydrogens (primary N) is 1. The highest BCUT2D eigenvalue weighted by Crippen LogP contribution is 2.28. The van der Waals surface area contributed by atoms with Gasteiger partial charge in [0.25, 0.3) is 5.91 Å². The van der Waals surface area contributed by atoms with E-state index in [1.165, 1.54) is 0 Å². The van der Waals surface area contributed by atoms with Crippen LogP contribution >= 0.6 is 11.6 Å². The van der Waals surface area contributed by atoms with Gasteiger partial charge in [0.2, 0.25) is 0 Å². The molecule has 0 spiro atoms. The molecule has 102 valence electrons. The molecule has 20 heavy (non-hydrogen) atoms. The maximum Gasteiger partial charge on any atom is 0.255 e. The van der Waals surface area contributed by atoms with Crippen molar-refractivity contribution in [2.45, 2.75) is 6.42 Å². The lowest BCUT2D eigenvalue weighted by Crippen LogP contribution is -2.12. The molecule has 5 heteroatoms. The van der Waals surface area contributed by atoms with Crippen LogP contribution < -0.4 is 15.8 Å². The largest absolute Gasteiger partial charge is 0.493 e. The number of benzene rings is 2. The zero-order chi connectivity index (χ0) is 14.1. The summed E-state index contributed by atoms with van der Waals surface area (Å²) < 4.78 is 5.43. The molecule has 0 fully saturated rings. The van der Waals surface area contributed by atoms with Crippen molar-refractivity contribution in [3.05, 3.63) is 52.5 Å². The number of carbonyl (C=O) groups is 1. The van der Waals surface area contributed by atoms with Gasteiger partial charge in [-0.25, -0.2) is 0 Å². The molecule has 1 amide bonds. The van der Waals surface area contributed by atoms with Crippen molar-refractivity contribution in [3.8, 4) is 5.75 Å². The molecule has 0 saturated carbocycles. The van der Waals surface area contributed by atoms with E-state index in [9.17, 15) is 4.79 Å². The van der Waals surface area contributed by atoms with E-state index in [0.29, 0.717) is 22.9 Å². The van der Waals surface area contributed by atoms with Crippen molar-refractivity contribution in [3.63, 3.8) is 0 Å². The van der Waals surface area contributed by atoms with Crippen LogP contribution in [0.2, 0.25) is 5.02 Å². The molecule has 2 aromatic rings. The van der Waals surface area contributed by atoms with Crippen molar-refractivity contribution in [2.75, 3.05) is 17.7 Å². The highest BCUT2D eigenvalue weighted by molar-refractivity contribution is 6.33. The third kappa shape index (κ3) is 2.42. The third-order valence-corrected chi connectivity index (χ3v) is 3.55. The van der Waals surface area contributed by atoms with Crippen LogP contribution in [0.25, 0.3) is 0 Å². The quantitative estimate of drug-likeness (QED) is 0.835. The Labute approximate surface area is 121 Å². The second-order valence-electron chi connectivity index (χ2n) is 4.61. The highest BCUT2D eigenvalue weighted by atomic mass is 35.5. The lowest BCUT2D eigenvalue weighted by molar-refractivity contribution is 0.102. The molecule has 0 saturated heterocycles. The van der Waals surface area contributed by atoms with Crippen LogP contribution in [0.15, 0.2) is 36.4 Å². The summed E-state index contributed by atoms with van der Waals surface area (Å²) in [5.41, 5.74) is 8.42. The van der Waals surface area contributed by atoms with E-state index in [0.717, 1.165) is 23.4 Å². The maximum absolute atomic E-state index is 12.1. The Balaban J connectivity index is 1.80. The molecule has 1 aliphatic rings. The van der Waals surface area contributed by atoms with Crippen molar-refractivity contribution in [1.82, 2.24) is 0 Å². The van der Waals surface area contributed by atoms with Gasteiger partial charge in [0, 0.05) is 17.7 Å². The van der Waals surface area contributed by atoms with Gasteiger partial charge in [-0.3, -0.25) is 4.79 Å². The molecule has 1 aliphatic heterocycles. The van der Waals surface area contributed by atoms with Gasteiger partial charge < -0.3 is 15.8 Å². The first-order chi connectivity index (χ1) is 9.63. The Morgan fingerprint density at radius 2 is 2.10 bits per heavy atom. The summed E-state index contributed by atoms with van der Waals surface area (Å²) in [6, 6.07) is 10.4. The first kappa shape index (κ1) is 12.8. The Bertz CT molecular complexity index is 686. The van der Waals surface area contributed by atoms with Gasteiger partial charge in [-0.05, 0) is 42.0 Å². The topological polar surface area (TPSA) is 64.4 Å². The van der Waals surface area contributed by atoms with Crippen LogP contribution in [0, 0.1) is 0 Å². The Morgan fingerprint density at radius 1 is 1.25 bits per heavy atom. The number of ether oxygens (including phenoxy) is 1. The Kier molecular flexibility index (Phi) is 3.24. The molecule has 0 bridgehead atoms. The summed E-state index contributed by atoms with van der Waals surface area (Å²) in [4.78, 5) is 12.1. The number of amides is 1. The fraction of sp³-hybridized carbons (Fsp3) is 0.133. The number of hydrogen-bond donors (Lipinski definition) is 2. The van der Waals surface area contributed by atoms with Crippen LogP contribution in [0.1, 0.15) is 15.9 Å². The smallest absolute Gasteiger partial charge is 0.255 e. The predicted octanol–water partition coefficient (Wildman–Crippen LogP) is 3.11. The van der Waals surface area contributed by atoms with E-state index in [1.54, 1.807) is 18.2 Å². The second-order valence-corrected chi connectivity index (χ2v) is 5.02. The van der Waals surface area contributed by atoms with Crippen molar-refractivity contribution < 1.29 is 9.53 Å². The van der Waals surface area contributed by atoms with Gasteiger partial charge in [-0.1, -0.05) is 11.6 Å². The number of halogens is 1. The van der Waals surface area contributed by atoms with E-state index in [2.05, 4.69) is 5.32 Å². The first-order valence-electron chi connectivity index (χ1n) is 6.25. The van der Waals surface area contributed by atoms with Crippen molar-refractivity contribution in [1.29, 1.82) is 0 Å². The maximum atomic E-state index is 12.1. The van der Waals surface area contributed by atoms with Crippen molar-refractivity contribution >= 4 is 28.9 Å². The summed E-state index contributed by atoms with van der Waals surface area (Å²) >= 11 is 5.84. The summed E-state index contributed by atoms with van der Waals surface area (Å²) in [6.45, 7) is 0.695.